The van der Waals surface area contributed by atoms with Crippen LogP contribution in [0.25, 0.3) is 0 Å². The summed E-state index contributed by atoms with van der Waals surface area (Å²) in [6.45, 7) is 4.07. The van der Waals surface area contributed by atoms with Gasteiger partial charge in [0, 0.05) is 11.3 Å². The molecule has 1 aliphatic heterocycles. The van der Waals surface area contributed by atoms with Gasteiger partial charge in [0.25, 0.3) is 0 Å². The number of rotatable bonds is 2. The van der Waals surface area contributed by atoms with Gasteiger partial charge in [0.2, 0.25) is 0 Å². The molecule has 0 spiro atoms. The molecule has 13 heavy (non-hydrogen) atoms. The first-order valence-electron chi connectivity index (χ1n) is 4.66. The van der Waals surface area contributed by atoms with Crippen LogP contribution in [0.15, 0.2) is 24.3 Å². The highest BCUT2D eigenvalue weighted by Crippen LogP contribution is 2.36. The molecule has 0 amide bonds. The number of allylic oxidation sites excluding steroid dienone is 3. The Morgan fingerprint density at radius 3 is 3.08 bits per heavy atom. The van der Waals surface area contributed by atoms with Gasteiger partial charge in [0.15, 0.2) is 5.56 Å². The number of thioether (sulfide) groups is 1. The molecule has 1 N–H and O–H groups in total. The molecule has 1 saturated heterocycles. The van der Waals surface area contributed by atoms with Gasteiger partial charge in [-0.25, -0.2) is 0 Å². The first-order chi connectivity index (χ1) is 6.29. The van der Waals surface area contributed by atoms with Crippen LogP contribution in [0, 0.1) is 0 Å². The maximum Gasteiger partial charge on any atom is 0.157 e. The van der Waals surface area contributed by atoms with Crippen LogP contribution in [0.4, 0.5) is 0 Å². The fraction of sp³-hybridized carbons (Fsp3) is 0.600. The third-order valence-electron chi connectivity index (χ3n) is 2.28. The smallest absolute Gasteiger partial charge is 0.157 e. The molecule has 1 heterocycles. The molecule has 0 saturated carbocycles. The Kier molecular flexibility index (Phi) is 2.77. The summed E-state index contributed by atoms with van der Waals surface area (Å²) in [6.07, 6.45) is 9.77. The minimum absolute atomic E-state index is 0.182. The van der Waals surface area contributed by atoms with E-state index in [1.807, 2.05) is 11.8 Å². The second-order valence-electron chi connectivity index (χ2n) is 3.58. The van der Waals surface area contributed by atoms with Gasteiger partial charge in [0.1, 0.15) is 0 Å². The lowest BCUT2D eigenvalue weighted by molar-refractivity contribution is 0.167. The molecular formula is C10H15NOS. The van der Waals surface area contributed by atoms with E-state index in [1.165, 1.54) is 0 Å². The molecule has 2 unspecified atom stereocenters. The highest BCUT2D eigenvalue weighted by Gasteiger charge is 2.28. The maximum atomic E-state index is 5.51. The van der Waals surface area contributed by atoms with Crippen LogP contribution in [0.5, 0.6) is 0 Å². The zero-order valence-electron chi connectivity index (χ0n) is 7.82. The molecule has 1 aliphatic carbocycles. The SMILES string of the molecule is CC1(SC2NCCO2)C=CC=CC1. The molecule has 2 rings (SSSR count). The van der Waals surface area contributed by atoms with E-state index in [4.69, 9.17) is 4.74 Å². The van der Waals surface area contributed by atoms with Crippen molar-refractivity contribution < 1.29 is 4.74 Å². The van der Waals surface area contributed by atoms with Crippen LogP contribution in [-0.2, 0) is 4.74 Å². The fourth-order valence-corrected chi connectivity index (χ4v) is 2.72. The van der Waals surface area contributed by atoms with Gasteiger partial charge in [-0.2, -0.15) is 0 Å². The molecule has 72 valence electrons. The van der Waals surface area contributed by atoms with Crippen LogP contribution in [0.1, 0.15) is 13.3 Å². The Morgan fingerprint density at radius 1 is 1.54 bits per heavy atom. The summed E-state index contributed by atoms with van der Waals surface area (Å²) >= 11 is 1.86. The molecule has 0 bridgehead atoms. The maximum absolute atomic E-state index is 5.51. The number of ether oxygens (including phenoxy) is 1. The van der Waals surface area contributed by atoms with Gasteiger partial charge in [-0.1, -0.05) is 24.3 Å². The first kappa shape index (κ1) is 9.31. The van der Waals surface area contributed by atoms with E-state index in [2.05, 4.69) is 36.5 Å². The van der Waals surface area contributed by atoms with Crippen molar-refractivity contribution in [2.45, 2.75) is 23.7 Å². The van der Waals surface area contributed by atoms with Crippen molar-refractivity contribution in [2.24, 2.45) is 0 Å². The summed E-state index contributed by atoms with van der Waals surface area (Å²) in [5.74, 6) is 0. The van der Waals surface area contributed by atoms with E-state index in [-0.39, 0.29) is 10.3 Å². The third kappa shape index (κ3) is 2.36. The average Bonchev–Trinajstić information content (AvgIpc) is 2.57. The largest absolute Gasteiger partial charge is 0.353 e. The molecule has 2 aliphatic rings. The lowest BCUT2D eigenvalue weighted by Gasteiger charge is -2.28. The standard InChI is InChI=1S/C10H15NOS/c1-10(5-3-2-4-6-10)13-9-11-7-8-12-9/h2-5,9,11H,6-8H2,1H3. The monoisotopic (exact) mass is 197 g/mol. The van der Waals surface area contributed by atoms with Crippen molar-refractivity contribution in [3.63, 3.8) is 0 Å². The van der Waals surface area contributed by atoms with E-state index in [9.17, 15) is 0 Å². The number of hydrogen-bond donors (Lipinski definition) is 1. The van der Waals surface area contributed by atoms with Gasteiger partial charge in [-0.3, -0.25) is 5.32 Å². The summed E-state index contributed by atoms with van der Waals surface area (Å²) in [5, 5.41) is 3.31. The summed E-state index contributed by atoms with van der Waals surface area (Å²) < 4.78 is 5.72. The van der Waals surface area contributed by atoms with Crippen LogP contribution in [0.3, 0.4) is 0 Å². The Hall–Kier alpha value is -0.250. The Balaban J connectivity index is 1.92. The molecular weight excluding hydrogens is 182 g/mol. The fourth-order valence-electron chi connectivity index (χ4n) is 1.52. The Bertz CT molecular complexity index is 233. The van der Waals surface area contributed by atoms with Crippen molar-refractivity contribution in [1.82, 2.24) is 5.32 Å². The number of hydrogen-bond acceptors (Lipinski definition) is 3. The second-order valence-corrected chi connectivity index (χ2v) is 5.18. The van der Waals surface area contributed by atoms with Crippen molar-refractivity contribution in [1.29, 1.82) is 0 Å². The van der Waals surface area contributed by atoms with E-state index in [1.54, 1.807) is 0 Å². The predicted octanol–water partition coefficient (Wildman–Crippen LogP) is 1.90. The second kappa shape index (κ2) is 3.86. The molecule has 0 aromatic heterocycles. The van der Waals surface area contributed by atoms with E-state index in [0.717, 1.165) is 19.6 Å². The van der Waals surface area contributed by atoms with E-state index in [0.29, 0.717) is 0 Å². The van der Waals surface area contributed by atoms with E-state index < -0.39 is 0 Å². The molecule has 1 fully saturated rings. The van der Waals surface area contributed by atoms with Gasteiger partial charge in [0.05, 0.1) is 6.61 Å². The lowest BCUT2D eigenvalue weighted by Crippen LogP contribution is -2.28. The van der Waals surface area contributed by atoms with Crippen LogP contribution < -0.4 is 5.32 Å². The van der Waals surface area contributed by atoms with Crippen molar-refractivity contribution >= 4 is 11.8 Å². The average molecular weight is 197 g/mol. The minimum atomic E-state index is 0.182. The van der Waals surface area contributed by atoms with Crippen molar-refractivity contribution in [2.75, 3.05) is 13.2 Å². The summed E-state index contributed by atoms with van der Waals surface area (Å²) in [6, 6.07) is 0. The minimum Gasteiger partial charge on any atom is -0.353 e. The third-order valence-corrected chi connectivity index (χ3v) is 3.64. The zero-order valence-corrected chi connectivity index (χ0v) is 8.64. The van der Waals surface area contributed by atoms with Crippen LogP contribution in [0.2, 0.25) is 0 Å². The van der Waals surface area contributed by atoms with Crippen LogP contribution in [-0.4, -0.2) is 23.5 Å². The van der Waals surface area contributed by atoms with Gasteiger partial charge >= 0.3 is 0 Å². The molecule has 0 aromatic rings. The highest BCUT2D eigenvalue weighted by molar-refractivity contribution is 8.01. The predicted molar refractivity (Wildman–Crippen MR) is 56.6 cm³/mol. The van der Waals surface area contributed by atoms with E-state index >= 15 is 0 Å². The Labute approximate surface area is 83.4 Å². The lowest BCUT2D eigenvalue weighted by atomic mass is 10.0. The molecule has 0 radical (unpaired) electrons. The zero-order chi connectivity index (χ0) is 9.15. The first-order valence-corrected chi connectivity index (χ1v) is 5.54. The van der Waals surface area contributed by atoms with Gasteiger partial charge in [-0.05, 0) is 13.3 Å². The quantitative estimate of drug-likeness (QED) is 0.730. The van der Waals surface area contributed by atoms with Gasteiger partial charge < -0.3 is 4.74 Å². The highest BCUT2D eigenvalue weighted by atomic mass is 32.2. The van der Waals surface area contributed by atoms with Gasteiger partial charge in [-0.15, -0.1) is 11.8 Å². The molecule has 2 nitrogen and oxygen atoms in total. The topological polar surface area (TPSA) is 21.3 Å². The summed E-state index contributed by atoms with van der Waals surface area (Å²) in [7, 11) is 0. The molecule has 3 heteroatoms. The molecule has 0 aromatic carbocycles. The summed E-state index contributed by atoms with van der Waals surface area (Å²) in [5.41, 5.74) is 0.182. The Morgan fingerprint density at radius 2 is 2.46 bits per heavy atom. The molecule has 2 atom stereocenters. The van der Waals surface area contributed by atoms with Crippen LogP contribution >= 0.6 is 11.8 Å². The summed E-state index contributed by atoms with van der Waals surface area (Å²) in [4.78, 5) is 0. The normalized spacial score (nSPS) is 38.4. The van der Waals surface area contributed by atoms with Crippen molar-refractivity contribution in [3.8, 4) is 0 Å². The van der Waals surface area contributed by atoms with Crippen molar-refractivity contribution in [3.05, 3.63) is 24.3 Å². The number of nitrogens with one attached hydrogen (secondary N) is 1.